The van der Waals surface area contributed by atoms with Gasteiger partial charge in [-0.3, -0.25) is 9.98 Å². The van der Waals surface area contributed by atoms with Crippen LogP contribution in [0, 0.1) is 0 Å². The lowest BCUT2D eigenvalue weighted by Gasteiger charge is -2.12. The lowest BCUT2D eigenvalue weighted by atomic mass is 10.1. The number of sulfonamides is 1. The van der Waals surface area contributed by atoms with Gasteiger partial charge in [-0.15, -0.1) is 24.0 Å². The van der Waals surface area contributed by atoms with Gasteiger partial charge in [-0.2, -0.15) is 0 Å². The molecule has 0 aliphatic heterocycles. The van der Waals surface area contributed by atoms with Crippen molar-refractivity contribution in [3.8, 4) is 0 Å². The minimum Gasteiger partial charge on any atom is -0.352 e. The fraction of sp³-hybridized carbons (Fsp3) is 0.294. The first-order valence-electron chi connectivity index (χ1n) is 7.86. The van der Waals surface area contributed by atoms with E-state index in [0.29, 0.717) is 19.0 Å². The Hall–Kier alpha value is -1.72. The van der Waals surface area contributed by atoms with Crippen molar-refractivity contribution in [2.75, 3.05) is 14.1 Å². The summed E-state index contributed by atoms with van der Waals surface area (Å²) in [5, 5.41) is 6.39. The SMILES string of the molecule is CN=C(NCc1cccc(CS(=O)(=O)NC)c1)NCc1ccccn1.I. The minimum absolute atomic E-state index is 0. The zero-order chi connectivity index (χ0) is 18.1. The summed E-state index contributed by atoms with van der Waals surface area (Å²) in [5.41, 5.74) is 2.64. The maximum Gasteiger partial charge on any atom is 0.215 e. The molecule has 1 heterocycles. The second-order valence-corrected chi connectivity index (χ2v) is 7.31. The lowest BCUT2D eigenvalue weighted by molar-refractivity contribution is 0.587. The third-order valence-electron chi connectivity index (χ3n) is 3.51. The van der Waals surface area contributed by atoms with Crippen molar-refractivity contribution in [3.05, 3.63) is 65.5 Å². The van der Waals surface area contributed by atoms with Crippen molar-refractivity contribution in [1.29, 1.82) is 0 Å². The summed E-state index contributed by atoms with van der Waals surface area (Å²) in [6.07, 6.45) is 1.75. The molecule has 0 saturated heterocycles. The molecule has 0 aliphatic rings. The molecular weight excluding hydrogens is 465 g/mol. The summed E-state index contributed by atoms with van der Waals surface area (Å²) in [7, 11) is -0.165. The Labute approximate surface area is 171 Å². The van der Waals surface area contributed by atoms with Crippen molar-refractivity contribution in [1.82, 2.24) is 20.3 Å². The summed E-state index contributed by atoms with van der Waals surface area (Å²) in [6, 6.07) is 13.2. The number of hydrogen-bond donors (Lipinski definition) is 3. The van der Waals surface area contributed by atoms with Crippen LogP contribution in [0.2, 0.25) is 0 Å². The first-order chi connectivity index (χ1) is 12.0. The number of hydrogen-bond acceptors (Lipinski definition) is 4. The van der Waals surface area contributed by atoms with Crippen LogP contribution in [-0.2, 0) is 28.9 Å². The van der Waals surface area contributed by atoms with E-state index >= 15 is 0 Å². The Balaban J connectivity index is 0.00000338. The van der Waals surface area contributed by atoms with E-state index in [4.69, 9.17) is 0 Å². The summed E-state index contributed by atoms with van der Waals surface area (Å²) in [5.74, 6) is 0.614. The molecule has 0 unspecified atom stereocenters. The Bertz CT molecular complexity index is 813. The first kappa shape index (κ1) is 22.3. The third-order valence-corrected chi connectivity index (χ3v) is 4.84. The van der Waals surface area contributed by atoms with Gasteiger partial charge in [0.05, 0.1) is 18.0 Å². The van der Waals surface area contributed by atoms with E-state index in [1.165, 1.54) is 7.05 Å². The van der Waals surface area contributed by atoms with Gasteiger partial charge in [-0.25, -0.2) is 13.1 Å². The van der Waals surface area contributed by atoms with E-state index in [9.17, 15) is 8.42 Å². The standard InChI is InChI=1S/C17H23N5O2S.HI/c1-18-17(22-12-16-8-3-4-9-20-16)21-11-14-6-5-7-15(10-14)13-25(23,24)19-2;/h3-10,19H,11-13H2,1-2H3,(H2,18,21,22);1H. The van der Waals surface area contributed by atoms with E-state index in [-0.39, 0.29) is 29.7 Å². The van der Waals surface area contributed by atoms with Crippen molar-refractivity contribution in [2.45, 2.75) is 18.8 Å². The van der Waals surface area contributed by atoms with Gasteiger partial charge in [-0.1, -0.05) is 30.3 Å². The van der Waals surface area contributed by atoms with Crippen LogP contribution in [0.1, 0.15) is 16.8 Å². The van der Waals surface area contributed by atoms with Crippen LogP contribution in [0.25, 0.3) is 0 Å². The summed E-state index contributed by atoms with van der Waals surface area (Å²) >= 11 is 0. The Morgan fingerprint density at radius 3 is 2.46 bits per heavy atom. The van der Waals surface area contributed by atoms with Crippen molar-refractivity contribution >= 4 is 40.0 Å². The molecule has 0 radical (unpaired) electrons. The number of aromatic nitrogens is 1. The highest BCUT2D eigenvalue weighted by Crippen LogP contribution is 2.08. The molecule has 26 heavy (non-hydrogen) atoms. The molecule has 9 heteroatoms. The van der Waals surface area contributed by atoms with E-state index in [2.05, 4.69) is 25.3 Å². The lowest BCUT2D eigenvalue weighted by Crippen LogP contribution is -2.36. The molecule has 7 nitrogen and oxygen atoms in total. The zero-order valence-corrected chi connectivity index (χ0v) is 17.9. The van der Waals surface area contributed by atoms with Gasteiger partial charge in [0.1, 0.15) is 0 Å². The largest absolute Gasteiger partial charge is 0.352 e. The molecule has 2 aromatic rings. The average Bonchev–Trinajstić information content (AvgIpc) is 2.63. The molecule has 0 aliphatic carbocycles. The summed E-state index contributed by atoms with van der Waals surface area (Å²) in [6.45, 7) is 1.11. The van der Waals surface area contributed by atoms with Gasteiger partial charge in [0, 0.05) is 19.8 Å². The molecule has 0 spiro atoms. The maximum atomic E-state index is 11.7. The molecule has 0 bridgehead atoms. The highest BCUT2D eigenvalue weighted by Gasteiger charge is 2.09. The number of halogens is 1. The summed E-state index contributed by atoms with van der Waals surface area (Å²) < 4.78 is 25.6. The topological polar surface area (TPSA) is 95.5 Å². The molecule has 3 N–H and O–H groups in total. The number of pyridine rings is 1. The van der Waals surface area contributed by atoms with Crippen molar-refractivity contribution in [3.63, 3.8) is 0 Å². The summed E-state index contributed by atoms with van der Waals surface area (Å²) in [4.78, 5) is 8.42. The second-order valence-electron chi connectivity index (χ2n) is 5.38. The quantitative estimate of drug-likeness (QED) is 0.312. The molecule has 1 aromatic heterocycles. The normalized spacial score (nSPS) is 11.5. The van der Waals surface area contributed by atoms with Crippen LogP contribution in [0.3, 0.4) is 0 Å². The third kappa shape index (κ3) is 7.67. The van der Waals surface area contributed by atoms with Gasteiger partial charge < -0.3 is 10.6 Å². The van der Waals surface area contributed by atoms with Crippen molar-refractivity contribution in [2.24, 2.45) is 4.99 Å². The van der Waals surface area contributed by atoms with Crippen molar-refractivity contribution < 1.29 is 8.42 Å². The van der Waals surface area contributed by atoms with E-state index in [1.54, 1.807) is 19.3 Å². The van der Waals surface area contributed by atoms with E-state index in [0.717, 1.165) is 16.8 Å². The van der Waals surface area contributed by atoms with Crippen LogP contribution in [0.4, 0.5) is 0 Å². The molecule has 0 atom stereocenters. The van der Waals surface area contributed by atoms with Crippen LogP contribution in [0.15, 0.2) is 53.7 Å². The average molecular weight is 489 g/mol. The highest BCUT2D eigenvalue weighted by molar-refractivity contribution is 14.0. The first-order valence-corrected chi connectivity index (χ1v) is 9.51. The number of nitrogens with zero attached hydrogens (tertiary/aromatic N) is 2. The van der Waals surface area contributed by atoms with Crippen LogP contribution in [-0.4, -0.2) is 33.5 Å². The number of benzene rings is 1. The molecule has 0 amide bonds. The van der Waals surface area contributed by atoms with Gasteiger partial charge in [0.15, 0.2) is 5.96 Å². The van der Waals surface area contributed by atoms with Crippen LogP contribution >= 0.6 is 24.0 Å². The second kappa shape index (κ2) is 11.1. The smallest absolute Gasteiger partial charge is 0.215 e. The number of rotatable bonds is 7. The molecule has 1 aromatic carbocycles. The fourth-order valence-corrected chi connectivity index (χ4v) is 2.97. The molecule has 0 saturated carbocycles. The predicted molar refractivity (Wildman–Crippen MR) is 115 cm³/mol. The number of aliphatic imine (C=N–C) groups is 1. The monoisotopic (exact) mass is 489 g/mol. The van der Waals surface area contributed by atoms with E-state index in [1.807, 2.05) is 36.4 Å². The Morgan fingerprint density at radius 2 is 1.81 bits per heavy atom. The molecule has 2 rings (SSSR count). The van der Waals surface area contributed by atoms with Gasteiger partial charge >= 0.3 is 0 Å². The molecule has 0 fully saturated rings. The highest BCUT2D eigenvalue weighted by atomic mass is 127. The fourth-order valence-electron chi connectivity index (χ4n) is 2.20. The molecular formula is C17H24IN5O2S. The predicted octanol–water partition coefficient (Wildman–Crippen LogP) is 1.61. The Kier molecular flexibility index (Phi) is 9.52. The minimum atomic E-state index is -3.28. The number of guanidine groups is 1. The number of nitrogens with one attached hydrogen (secondary N) is 3. The van der Waals surface area contributed by atoms with Crippen LogP contribution in [0.5, 0.6) is 0 Å². The van der Waals surface area contributed by atoms with Gasteiger partial charge in [0.25, 0.3) is 0 Å². The molecule has 142 valence electrons. The van der Waals surface area contributed by atoms with Gasteiger partial charge in [0.2, 0.25) is 10.0 Å². The van der Waals surface area contributed by atoms with E-state index < -0.39 is 10.0 Å². The maximum absolute atomic E-state index is 11.7. The Morgan fingerprint density at radius 1 is 1.08 bits per heavy atom. The zero-order valence-electron chi connectivity index (χ0n) is 14.8. The van der Waals surface area contributed by atoms with Crippen LogP contribution < -0.4 is 15.4 Å². The van der Waals surface area contributed by atoms with Gasteiger partial charge in [-0.05, 0) is 30.3 Å².